The van der Waals surface area contributed by atoms with E-state index in [0.29, 0.717) is 24.5 Å². The van der Waals surface area contributed by atoms with Crippen LogP contribution in [0.15, 0.2) is 36.5 Å². The monoisotopic (exact) mass is 546 g/mol. The van der Waals surface area contributed by atoms with Crippen LogP contribution in [0.5, 0.6) is 0 Å². The second-order valence-corrected chi connectivity index (χ2v) is 8.50. The number of hydrogen-bond acceptors (Lipinski definition) is 9. The molecule has 0 aliphatic rings. The number of nitrogen functional groups attached to an aromatic ring is 2. The van der Waals surface area contributed by atoms with E-state index in [1.165, 1.54) is 11.6 Å². The molecule has 1 aromatic carbocycles. The van der Waals surface area contributed by atoms with Gasteiger partial charge in [-0.1, -0.05) is 18.2 Å². The van der Waals surface area contributed by atoms with E-state index in [9.17, 15) is 23.3 Å². The minimum atomic E-state index is -5.08. The standard InChI is InChI=1S/C22H24N8O2.C2HF3O2/c1-12-5-4-6-16(14(12)3)17-10-19-26-13(2)11-29(19)22(27-17)25-8-7-15-9-18(23)28-21(24)20(15)30(31)32;3-2(4,5)1(6)7/h4-6,9-11H,7-8H2,1-3H3,(H,25,27)(H4,23,24,28);(H,6,7). The molecular formula is C24H25F3N8O4. The van der Waals surface area contributed by atoms with Crippen LogP contribution in [0.4, 0.5) is 36.4 Å². The molecule has 0 aliphatic carbocycles. The highest BCUT2D eigenvalue weighted by atomic mass is 19.4. The van der Waals surface area contributed by atoms with E-state index in [-0.39, 0.29) is 17.3 Å². The van der Waals surface area contributed by atoms with Crippen molar-refractivity contribution in [3.8, 4) is 11.3 Å². The Morgan fingerprint density at radius 2 is 1.82 bits per heavy atom. The molecule has 4 rings (SSSR count). The lowest BCUT2D eigenvalue weighted by Crippen LogP contribution is -2.21. The number of fused-ring (bicyclic) bond motifs is 1. The summed E-state index contributed by atoms with van der Waals surface area (Å²) in [6, 6.07) is 9.54. The first-order chi connectivity index (χ1) is 18.2. The van der Waals surface area contributed by atoms with Crippen LogP contribution in [0.3, 0.4) is 0 Å². The van der Waals surface area contributed by atoms with E-state index in [0.717, 1.165) is 28.2 Å². The van der Waals surface area contributed by atoms with Crippen molar-refractivity contribution in [2.45, 2.75) is 33.4 Å². The lowest BCUT2D eigenvalue weighted by molar-refractivity contribution is -0.384. The molecule has 0 unspecified atom stereocenters. The summed E-state index contributed by atoms with van der Waals surface area (Å²) in [5.74, 6) is -2.21. The summed E-state index contributed by atoms with van der Waals surface area (Å²) < 4.78 is 33.6. The molecule has 0 spiro atoms. The first-order valence-corrected chi connectivity index (χ1v) is 11.4. The average Bonchev–Trinajstić information content (AvgIpc) is 3.20. The van der Waals surface area contributed by atoms with Gasteiger partial charge in [-0.15, -0.1) is 0 Å². The number of aryl methyl sites for hydroxylation is 2. The lowest BCUT2D eigenvalue weighted by atomic mass is 10.0. The Hall–Kier alpha value is -4.95. The Balaban J connectivity index is 0.000000532. The molecule has 0 atom stereocenters. The van der Waals surface area contributed by atoms with Gasteiger partial charge in [0.25, 0.3) is 0 Å². The van der Waals surface area contributed by atoms with Crippen LogP contribution in [0.25, 0.3) is 16.9 Å². The molecule has 0 radical (unpaired) electrons. The molecule has 12 nitrogen and oxygen atoms in total. The third kappa shape index (κ3) is 6.68. The van der Waals surface area contributed by atoms with E-state index in [4.69, 9.17) is 26.4 Å². The van der Waals surface area contributed by atoms with Gasteiger partial charge in [-0.3, -0.25) is 14.5 Å². The Labute approximate surface area is 219 Å². The molecule has 4 aromatic rings. The summed E-state index contributed by atoms with van der Waals surface area (Å²) in [6.45, 7) is 6.42. The smallest absolute Gasteiger partial charge is 0.475 e. The number of benzene rings is 1. The van der Waals surface area contributed by atoms with Gasteiger partial charge >= 0.3 is 17.8 Å². The quantitative estimate of drug-likeness (QED) is 0.203. The molecule has 0 saturated carbocycles. The fourth-order valence-corrected chi connectivity index (χ4v) is 3.75. The number of alkyl halides is 3. The Morgan fingerprint density at radius 1 is 1.15 bits per heavy atom. The second kappa shape index (κ2) is 11.2. The van der Waals surface area contributed by atoms with Gasteiger partial charge in [0.1, 0.15) is 11.5 Å². The van der Waals surface area contributed by atoms with E-state index < -0.39 is 17.1 Å². The van der Waals surface area contributed by atoms with Crippen molar-refractivity contribution in [2.75, 3.05) is 23.3 Å². The molecular weight excluding hydrogens is 521 g/mol. The van der Waals surface area contributed by atoms with Gasteiger partial charge in [0.05, 0.1) is 16.3 Å². The van der Waals surface area contributed by atoms with Crippen LogP contribution < -0.4 is 16.8 Å². The summed E-state index contributed by atoms with van der Waals surface area (Å²) in [6.07, 6.45) is -2.87. The number of nitrogens with zero attached hydrogens (tertiary/aromatic N) is 5. The third-order valence-corrected chi connectivity index (χ3v) is 5.68. The number of imidazole rings is 1. The van der Waals surface area contributed by atoms with Crippen molar-refractivity contribution >= 4 is 34.9 Å². The summed E-state index contributed by atoms with van der Waals surface area (Å²) in [5.41, 5.74) is 17.4. The predicted molar refractivity (Wildman–Crippen MR) is 138 cm³/mol. The minimum absolute atomic E-state index is 0.144. The van der Waals surface area contributed by atoms with E-state index in [1.54, 1.807) is 0 Å². The minimum Gasteiger partial charge on any atom is -0.475 e. The molecule has 0 amide bonds. The van der Waals surface area contributed by atoms with Crippen molar-refractivity contribution in [3.63, 3.8) is 0 Å². The van der Waals surface area contributed by atoms with Gasteiger partial charge in [0.2, 0.25) is 11.8 Å². The number of anilines is 3. The third-order valence-electron chi connectivity index (χ3n) is 5.68. The van der Waals surface area contributed by atoms with Crippen LogP contribution >= 0.6 is 0 Å². The second-order valence-electron chi connectivity index (χ2n) is 8.50. The number of nitro groups is 1. The normalized spacial score (nSPS) is 11.1. The lowest BCUT2D eigenvalue weighted by Gasteiger charge is -2.13. The molecule has 206 valence electrons. The molecule has 15 heteroatoms. The maximum atomic E-state index is 11.4. The molecule has 0 fully saturated rings. The van der Waals surface area contributed by atoms with Gasteiger partial charge in [0.15, 0.2) is 0 Å². The number of carbonyl (C=O) groups is 1. The number of aromatic nitrogens is 4. The zero-order valence-corrected chi connectivity index (χ0v) is 21.1. The fraction of sp³-hybridized carbons (Fsp3) is 0.250. The number of aliphatic carboxylic acids is 1. The molecule has 39 heavy (non-hydrogen) atoms. The first-order valence-electron chi connectivity index (χ1n) is 11.4. The number of carboxylic acids is 1. The van der Waals surface area contributed by atoms with Gasteiger partial charge < -0.3 is 21.9 Å². The van der Waals surface area contributed by atoms with Crippen LogP contribution in [0.1, 0.15) is 22.4 Å². The SMILES string of the molecule is Cc1cn2c(NCCc3cc(N)nc(N)c3[N+](=O)[O-])nc(-c3cccc(C)c3C)cc2n1.O=C(O)C(F)(F)F. The van der Waals surface area contributed by atoms with Gasteiger partial charge in [0, 0.05) is 29.9 Å². The Bertz CT molecular complexity index is 1550. The summed E-state index contributed by atoms with van der Waals surface area (Å²) in [5, 5.41) is 21.8. The number of hydrogen-bond donors (Lipinski definition) is 4. The zero-order valence-electron chi connectivity index (χ0n) is 21.1. The zero-order chi connectivity index (χ0) is 29.1. The Kier molecular flexibility index (Phi) is 8.22. The first kappa shape index (κ1) is 28.6. The molecule has 3 heterocycles. The number of carboxylic acid groups (broad SMARTS) is 1. The number of rotatable bonds is 6. The average molecular weight is 547 g/mol. The van der Waals surface area contributed by atoms with Crippen molar-refractivity contribution in [2.24, 2.45) is 0 Å². The molecule has 0 bridgehead atoms. The largest absolute Gasteiger partial charge is 0.490 e. The molecule has 0 aliphatic heterocycles. The number of nitrogens with two attached hydrogens (primary N) is 2. The number of pyridine rings is 1. The fourth-order valence-electron chi connectivity index (χ4n) is 3.75. The Morgan fingerprint density at radius 3 is 2.44 bits per heavy atom. The highest BCUT2D eigenvalue weighted by Crippen LogP contribution is 2.28. The molecule has 6 N–H and O–H groups in total. The maximum absolute atomic E-state index is 11.4. The molecule has 3 aromatic heterocycles. The summed E-state index contributed by atoms with van der Waals surface area (Å²) in [4.78, 5) is 33.0. The highest BCUT2D eigenvalue weighted by molar-refractivity contribution is 5.73. The van der Waals surface area contributed by atoms with Crippen LogP contribution in [-0.2, 0) is 11.2 Å². The topological polar surface area (TPSA) is 188 Å². The van der Waals surface area contributed by atoms with Crippen LogP contribution in [0.2, 0.25) is 0 Å². The number of halogens is 3. The summed E-state index contributed by atoms with van der Waals surface area (Å²) >= 11 is 0. The van der Waals surface area contributed by atoms with E-state index >= 15 is 0 Å². The van der Waals surface area contributed by atoms with Crippen molar-refractivity contribution in [1.29, 1.82) is 0 Å². The van der Waals surface area contributed by atoms with Gasteiger partial charge in [-0.05, 0) is 44.4 Å². The predicted octanol–water partition coefficient (Wildman–Crippen LogP) is 4.08. The number of nitrogens with one attached hydrogen (secondary N) is 1. The summed E-state index contributed by atoms with van der Waals surface area (Å²) in [7, 11) is 0. The maximum Gasteiger partial charge on any atom is 0.490 e. The van der Waals surface area contributed by atoms with Crippen molar-refractivity contribution in [3.05, 3.63) is 69.0 Å². The highest BCUT2D eigenvalue weighted by Gasteiger charge is 2.38. The van der Waals surface area contributed by atoms with Crippen LogP contribution in [0, 0.1) is 30.9 Å². The van der Waals surface area contributed by atoms with Crippen molar-refractivity contribution in [1.82, 2.24) is 19.4 Å². The van der Waals surface area contributed by atoms with Gasteiger partial charge in [-0.25, -0.2) is 19.7 Å². The van der Waals surface area contributed by atoms with Crippen molar-refractivity contribution < 1.29 is 28.0 Å². The van der Waals surface area contributed by atoms with E-state index in [2.05, 4.69) is 35.2 Å². The van der Waals surface area contributed by atoms with Crippen LogP contribution in [-0.4, -0.2) is 48.1 Å². The van der Waals surface area contributed by atoms with E-state index in [1.807, 2.05) is 35.7 Å². The van der Waals surface area contributed by atoms with Gasteiger partial charge in [-0.2, -0.15) is 13.2 Å². The molecule has 0 saturated heterocycles.